The van der Waals surface area contributed by atoms with Crippen LogP contribution in [-0.2, 0) is 9.47 Å². The van der Waals surface area contributed by atoms with Crippen molar-refractivity contribution in [3.05, 3.63) is 33.9 Å². The number of methoxy groups -OCH3 is 1. The number of nitro benzene ring substituents is 1. The molecule has 0 saturated carbocycles. The molecule has 1 rings (SSSR count). The van der Waals surface area contributed by atoms with Crippen molar-refractivity contribution in [1.82, 2.24) is 0 Å². The Morgan fingerprint density at radius 1 is 1.29 bits per heavy atom. The zero-order valence-corrected chi connectivity index (χ0v) is 12.3. The summed E-state index contributed by atoms with van der Waals surface area (Å²) in [5.41, 5.74) is 0.317. The number of nitrogens with zero attached hydrogens (tertiary/aromatic N) is 1. The van der Waals surface area contributed by atoms with Gasteiger partial charge in [-0.1, -0.05) is 0 Å². The maximum Gasteiger partial charge on any atom is 0.270 e. The third-order valence-electron chi connectivity index (χ3n) is 2.78. The van der Waals surface area contributed by atoms with Gasteiger partial charge in [-0.15, -0.1) is 0 Å². The Labute approximate surface area is 123 Å². The van der Waals surface area contributed by atoms with Crippen molar-refractivity contribution in [1.29, 1.82) is 0 Å². The number of ether oxygens (including phenoxy) is 3. The van der Waals surface area contributed by atoms with Crippen LogP contribution in [0.2, 0.25) is 0 Å². The lowest BCUT2D eigenvalue weighted by atomic mass is 10.1. The van der Waals surface area contributed by atoms with Crippen LogP contribution in [0.4, 0.5) is 5.69 Å². The minimum Gasteiger partial charge on any atom is -0.491 e. The van der Waals surface area contributed by atoms with Crippen molar-refractivity contribution in [3.63, 3.8) is 0 Å². The normalized spacial score (nSPS) is 12.1. The molecular formula is C14H21NO6. The minimum atomic E-state index is -0.845. The molecule has 0 bridgehead atoms. The van der Waals surface area contributed by atoms with Crippen LogP contribution in [0, 0.1) is 10.1 Å². The highest BCUT2D eigenvalue weighted by atomic mass is 16.6. The second-order valence-corrected chi connectivity index (χ2v) is 4.46. The molecule has 1 N–H and O–H groups in total. The molecule has 1 atom stereocenters. The van der Waals surface area contributed by atoms with Crippen molar-refractivity contribution in [2.45, 2.75) is 19.4 Å². The molecule has 0 aromatic heterocycles. The lowest BCUT2D eigenvalue weighted by molar-refractivity contribution is -0.385. The van der Waals surface area contributed by atoms with Crippen LogP contribution in [0.1, 0.15) is 25.0 Å². The van der Waals surface area contributed by atoms with E-state index in [0.717, 1.165) is 6.42 Å². The monoisotopic (exact) mass is 299 g/mol. The van der Waals surface area contributed by atoms with Gasteiger partial charge in [-0.25, -0.2) is 0 Å². The van der Waals surface area contributed by atoms with E-state index in [4.69, 9.17) is 14.2 Å². The molecule has 0 heterocycles. The van der Waals surface area contributed by atoms with Gasteiger partial charge in [-0.2, -0.15) is 0 Å². The average Bonchev–Trinajstić information content (AvgIpc) is 2.46. The molecule has 0 unspecified atom stereocenters. The molecule has 1 aromatic carbocycles. The van der Waals surface area contributed by atoms with Crippen molar-refractivity contribution >= 4 is 5.69 Å². The standard InChI is InChI=1S/C14H21NO6/c1-11(16)13-10-12(15(17)18)4-5-14(13)21-9-8-20-7-3-6-19-2/h4-5,10-11,16H,3,6-9H2,1-2H3/t11-/m0/s1. The second kappa shape index (κ2) is 9.28. The van der Waals surface area contributed by atoms with E-state index in [1.807, 2.05) is 0 Å². The van der Waals surface area contributed by atoms with Gasteiger partial charge in [0.2, 0.25) is 0 Å². The first-order chi connectivity index (χ1) is 10.1. The van der Waals surface area contributed by atoms with Crippen molar-refractivity contribution < 1.29 is 24.2 Å². The quantitative estimate of drug-likeness (QED) is 0.404. The van der Waals surface area contributed by atoms with E-state index in [-0.39, 0.29) is 5.69 Å². The molecule has 0 amide bonds. The third kappa shape index (κ3) is 6.07. The van der Waals surface area contributed by atoms with Crippen molar-refractivity contribution in [3.8, 4) is 5.75 Å². The average molecular weight is 299 g/mol. The Bertz CT molecular complexity index is 449. The Morgan fingerprint density at radius 3 is 2.67 bits per heavy atom. The van der Waals surface area contributed by atoms with E-state index in [1.54, 1.807) is 7.11 Å². The fourth-order valence-corrected chi connectivity index (χ4v) is 1.73. The maximum atomic E-state index is 10.7. The SMILES string of the molecule is COCCCOCCOc1ccc([N+](=O)[O-])cc1[C@H](C)O. The lowest BCUT2D eigenvalue weighted by Crippen LogP contribution is -2.10. The van der Waals surface area contributed by atoms with Gasteiger partial charge in [0.05, 0.1) is 17.6 Å². The number of hydrogen-bond donors (Lipinski definition) is 1. The molecule has 118 valence electrons. The fraction of sp³-hybridized carbons (Fsp3) is 0.571. The summed E-state index contributed by atoms with van der Waals surface area (Å²) in [7, 11) is 1.63. The van der Waals surface area contributed by atoms with Gasteiger partial charge in [-0.3, -0.25) is 10.1 Å². The molecule has 0 radical (unpaired) electrons. The van der Waals surface area contributed by atoms with Gasteiger partial charge in [-0.05, 0) is 19.4 Å². The van der Waals surface area contributed by atoms with E-state index >= 15 is 0 Å². The molecule has 0 aliphatic heterocycles. The van der Waals surface area contributed by atoms with Gasteiger partial charge >= 0.3 is 0 Å². The highest BCUT2D eigenvalue weighted by Gasteiger charge is 2.15. The fourth-order valence-electron chi connectivity index (χ4n) is 1.73. The lowest BCUT2D eigenvalue weighted by Gasteiger charge is -2.13. The summed E-state index contributed by atoms with van der Waals surface area (Å²) < 4.78 is 15.7. The largest absolute Gasteiger partial charge is 0.491 e. The summed E-state index contributed by atoms with van der Waals surface area (Å²) in [6.45, 7) is 3.48. The summed E-state index contributed by atoms with van der Waals surface area (Å²) in [6, 6.07) is 4.16. The summed E-state index contributed by atoms with van der Waals surface area (Å²) in [5.74, 6) is 0.427. The highest BCUT2D eigenvalue weighted by molar-refractivity contribution is 5.44. The number of nitro groups is 1. The van der Waals surface area contributed by atoms with E-state index < -0.39 is 11.0 Å². The maximum absolute atomic E-state index is 10.7. The number of benzene rings is 1. The molecule has 7 nitrogen and oxygen atoms in total. The van der Waals surface area contributed by atoms with Crippen LogP contribution in [0.3, 0.4) is 0 Å². The first kappa shape index (κ1) is 17.4. The Kier molecular flexibility index (Phi) is 7.66. The summed E-state index contributed by atoms with van der Waals surface area (Å²) in [4.78, 5) is 10.2. The van der Waals surface area contributed by atoms with Gasteiger partial charge in [0.25, 0.3) is 5.69 Å². The molecule has 0 spiro atoms. The molecule has 0 fully saturated rings. The van der Waals surface area contributed by atoms with E-state index in [0.29, 0.717) is 37.7 Å². The van der Waals surface area contributed by atoms with Crippen LogP contribution in [0.25, 0.3) is 0 Å². The summed E-state index contributed by atoms with van der Waals surface area (Å²) in [5, 5.41) is 20.4. The number of aliphatic hydroxyl groups excluding tert-OH is 1. The molecule has 1 aromatic rings. The van der Waals surface area contributed by atoms with Gasteiger partial charge in [0, 0.05) is 38.0 Å². The zero-order chi connectivity index (χ0) is 15.7. The first-order valence-electron chi connectivity index (χ1n) is 6.72. The van der Waals surface area contributed by atoms with Crippen LogP contribution >= 0.6 is 0 Å². The second-order valence-electron chi connectivity index (χ2n) is 4.46. The molecule has 21 heavy (non-hydrogen) atoms. The van der Waals surface area contributed by atoms with E-state index in [2.05, 4.69) is 0 Å². The van der Waals surface area contributed by atoms with Crippen LogP contribution in [-0.4, -0.2) is 43.6 Å². The topological polar surface area (TPSA) is 91.1 Å². The molecular weight excluding hydrogens is 278 g/mol. The van der Waals surface area contributed by atoms with Gasteiger partial charge in [0.15, 0.2) is 0 Å². The number of rotatable bonds is 10. The van der Waals surface area contributed by atoms with Crippen LogP contribution in [0.5, 0.6) is 5.75 Å². The molecule has 0 aliphatic rings. The van der Waals surface area contributed by atoms with E-state index in [9.17, 15) is 15.2 Å². The first-order valence-corrected chi connectivity index (χ1v) is 6.72. The predicted octanol–water partition coefficient (Wildman–Crippen LogP) is 2.08. The molecule has 7 heteroatoms. The van der Waals surface area contributed by atoms with Crippen molar-refractivity contribution in [2.24, 2.45) is 0 Å². The summed E-state index contributed by atoms with van der Waals surface area (Å²) >= 11 is 0. The highest BCUT2D eigenvalue weighted by Crippen LogP contribution is 2.29. The number of hydrogen-bond acceptors (Lipinski definition) is 6. The summed E-state index contributed by atoms with van der Waals surface area (Å²) in [6.07, 6.45) is -0.0324. The third-order valence-corrected chi connectivity index (χ3v) is 2.78. The number of aliphatic hydroxyl groups is 1. The Balaban J connectivity index is 2.49. The Hall–Kier alpha value is -1.70. The zero-order valence-electron chi connectivity index (χ0n) is 12.3. The van der Waals surface area contributed by atoms with Gasteiger partial charge < -0.3 is 19.3 Å². The van der Waals surface area contributed by atoms with Crippen LogP contribution in [0.15, 0.2) is 18.2 Å². The van der Waals surface area contributed by atoms with Crippen molar-refractivity contribution in [2.75, 3.05) is 33.5 Å². The molecule has 0 aliphatic carbocycles. The van der Waals surface area contributed by atoms with E-state index in [1.165, 1.54) is 25.1 Å². The van der Waals surface area contributed by atoms with Gasteiger partial charge in [0.1, 0.15) is 12.4 Å². The van der Waals surface area contributed by atoms with Crippen LogP contribution < -0.4 is 4.74 Å². The Morgan fingerprint density at radius 2 is 2.05 bits per heavy atom. The predicted molar refractivity (Wildman–Crippen MR) is 76.5 cm³/mol. The smallest absolute Gasteiger partial charge is 0.270 e. The molecule has 0 saturated heterocycles. The minimum absolute atomic E-state index is 0.0749. The number of non-ortho nitro benzene ring substituents is 1.